The van der Waals surface area contributed by atoms with Crippen LogP contribution in [-0.4, -0.2) is 31.8 Å². The summed E-state index contributed by atoms with van der Waals surface area (Å²) in [6, 6.07) is 2.95. The van der Waals surface area contributed by atoms with E-state index >= 15 is 0 Å². The van der Waals surface area contributed by atoms with Gasteiger partial charge in [-0.15, -0.1) is 0 Å². The van der Waals surface area contributed by atoms with E-state index in [4.69, 9.17) is 9.47 Å². The van der Waals surface area contributed by atoms with Gasteiger partial charge in [-0.3, -0.25) is 4.79 Å². The lowest BCUT2D eigenvalue weighted by Gasteiger charge is -2.29. The fourth-order valence-corrected chi connectivity index (χ4v) is 1.96. The second-order valence-corrected chi connectivity index (χ2v) is 4.81. The zero-order valence-corrected chi connectivity index (χ0v) is 12.0. The maximum absolute atomic E-state index is 13.1. The molecule has 0 aliphatic carbocycles. The Morgan fingerprint density at radius 1 is 1.35 bits per heavy atom. The van der Waals surface area contributed by atoms with Gasteiger partial charge < -0.3 is 14.8 Å². The molecule has 0 aliphatic heterocycles. The lowest BCUT2D eigenvalue weighted by atomic mass is 9.95. The van der Waals surface area contributed by atoms with E-state index in [1.165, 1.54) is 7.11 Å². The molecule has 1 rings (SSSR count). The Morgan fingerprint density at radius 2 is 1.90 bits per heavy atom. The lowest BCUT2D eigenvalue weighted by molar-refractivity contribution is -0.148. The first-order valence-electron chi connectivity index (χ1n) is 6.21. The minimum Gasteiger partial charge on any atom is -0.490 e. The van der Waals surface area contributed by atoms with Crippen LogP contribution < -0.4 is 10.1 Å². The van der Waals surface area contributed by atoms with Crippen molar-refractivity contribution < 1.29 is 23.0 Å². The highest BCUT2D eigenvalue weighted by Crippen LogP contribution is 2.21. The minimum atomic E-state index is -0.931. The van der Waals surface area contributed by atoms with E-state index in [-0.39, 0.29) is 12.2 Å². The molecule has 0 fully saturated rings. The van der Waals surface area contributed by atoms with Gasteiger partial charge in [0.25, 0.3) is 0 Å². The SMILES string of the molecule is CNC(C)(CC(C)Oc1cc(F)cc(F)c1)C(=O)OC. The smallest absolute Gasteiger partial charge is 0.325 e. The van der Waals surface area contributed by atoms with Crippen molar-refractivity contribution in [2.24, 2.45) is 0 Å². The highest BCUT2D eigenvalue weighted by molar-refractivity contribution is 5.80. The third-order valence-corrected chi connectivity index (χ3v) is 3.06. The third-order valence-electron chi connectivity index (χ3n) is 3.06. The number of hydrogen-bond donors (Lipinski definition) is 1. The molecule has 20 heavy (non-hydrogen) atoms. The first-order valence-corrected chi connectivity index (χ1v) is 6.21. The molecule has 0 spiro atoms. The van der Waals surface area contributed by atoms with Gasteiger partial charge in [-0.1, -0.05) is 0 Å². The van der Waals surface area contributed by atoms with Crippen LogP contribution in [0.1, 0.15) is 20.3 Å². The van der Waals surface area contributed by atoms with Crippen LogP contribution in [0.2, 0.25) is 0 Å². The molecule has 0 heterocycles. The van der Waals surface area contributed by atoms with Crippen molar-refractivity contribution in [3.63, 3.8) is 0 Å². The molecule has 0 aromatic heterocycles. The van der Waals surface area contributed by atoms with Crippen molar-refractivity contribution in [3.8, 4) is 5.75 Å². The fraction of sp³-hybridized carbons (Fsp3) is 0.500. The van der Waals surface area contributed by atoms with Crippen LogP contribution in [0.25, 0.3) is 0 Å². The molecule has 0 amide bonds. The van der Waals surface area contributed by atoms with Gasteiger partial charge in [0.05, 0.1) is 13.2 Å². The van der Waals surface area contributed by atoms with Crippen LogP contribution in [-0.2, 0) is 9.53 Å². The number of hydrogen-bond acceptors (Lipinski definition) is 4. The quantitative estimate of drug-likeness (QED) is 0.815. The molecule has 1 aromatic carbocycles. The van der Waals surface area contributed by atoms with E-state index in [2.05, 4.69) is 5.32 Å². The predicted molar refractivity (Wildman–Crippen MR) is 70.5 cm³/mol. The minimum absolute atomic E-state index is 0.0818. The van der Waals surface area contributed by atoms with Crippen LogP contribution in [0.3, 0.4) is 0 Å². The average Bonchev–Trinajstić information content (AvgIpc) is 2.35. The zero-order valence-electron chi connectivity index (χ0n) is 12.0. The summed E-state index contributed by atoms with van der Waals surface area (Å²) in [5, 5.41) is 2.87. The van der Waals surface area contributed by atoms with E-state index < -0.39 is 29.2 Å². The number of rotatable bonds is 6. The van der Waals surface area contributed by atoms with Gasteiger partial charge in [0.15, 0.2) is 0 Å². The Balaban J connectivity index is 2.75. The Labute approximate surface area is 117 Å². The van der Waals surface area contributed by atoms with Crippen LogP contribution in [0.15, 0.2) is 18.2 Å². The molecule has 2 atom stereocenters. The molecule has 1 N–H and O–H groups in total. The van der Waals surface area contributed by atoms with Gasteiger partial charge in [-0.05, 0) is 20.9 Å². The monoisotopic (exact) mass is 287 g/mol. The summed E-state index contributed by atoms with van der Waals surface area (Å²) in [6.45, 7) is 3.38. The van der Waals surface area contributed by atoms with Crippen molar-refractivity contribution in [1.82, 2.24) is 5.32 Å². The van der Waals surface area contributed by atoms with Gasteiger partial charge in [0.2, 0.25) is 0 Å². The molecule has 0 bridgehead atoms. The molecule has 0 saturated carbocycles. The van der Waals surface area contributed by atoms with Crippen LogP contribution in [0.4, 0.5) is 8.78 Å². The maximum atomic E-state index is 13.1. The largest absolute Gasteiger partial charge is 0.490 e. The number of carbonyl (C=O) groups is 1. The third kappa shape index (κ3) is 4.16. The fourth-order valence-electron chi connectivity index (χ4n) is 1.96. The summed E-state index contributed by atoms with van der Waals surface area (Å²) < 4.78 is 36.3. The van der Waals surface area contributed by atoms with Gasteiger partial charge in [-0.25, -0.2) is 8.78 Å². The second kappa shape index (κ2) is 6.65. The Hall–Kier alpha value is -1.69. The number of nitrogens with one attached hydrogen (secondary N) is 1. The van der Waals surface area contributed by atoms with Crippen LogP contribution >= 0.6 is 0 Å². The number of ether oxygens (including phenoxy) is 2. The molecular weight excluding hydrogens is 268 g/mol. The summed E-state index contributed by atoms with van der Waals surface area (Å²) in [6.07, 6.45) is -0.151. The second-order valence-electron chi connectivity index (χ2n) is 4.81. The molecule has 0 radical (unpaired) electrons. The highest BCUT2D eigenvalue weighted by Gasteiger charge is 2.34. The Morgan fingerprint density at radius 3 is 2.35 bits per heavy atom. The van der Waals surface area contributed by atoms with Crippen LogP contribution in [0, 0.1) is 11.6 Å². The first-order chi connectivity index (χ1) is 9.30. The number of methoxy groups -OCH3 is 1. The summed E-state index contributed by atoms with van der Waals surface area (Å²) in [5.74, 6) is -1.77. The standard InChI is InChI=1S/C14H19F2NO3/c1-9(8-14(2,17-3)13(18)19-4)20-12-6-10(15)5-11(16)7-12/h5-7,9,17H,8H2,1-4H3. The van der Waals surface area contributed by atoms with E-state index in [0.29, 0.717) is 0 Å². The molecule has 0 aliphatic rings. The van der Waals surface area contributed by atoms with Crippen LogP contribution in [0.5, 0.6) is 5.75 Å². The van der Waals surface area contributed by atoms with Crippen molar-refractivity contribution in [2.75, 3.05) is 14.2 Å². The Kier molecular flexibility index (Phi) is 5.44. The molecule has 112 valence electrons. The van der Waals surface area contributed by atoms with Crippen molar-refractivity contribution >= 4 is 5.97 Å². The Bertz CT molecular complexity index is 461. The summed E-state index contributed by atoms with van der Waals surface area (Å²) in [5.41, 5.74) is -0.931. The van der Waals surface area contributed by atoms with Gasteiger partial charge in [0.1, 0.15) is 22.9 Å². The van der Waals surface area contributed by atoms with Gasteiger partial charge in [-0.2, -0.15) is 0 Å². The average molecular weight is 287 g/mol. The molecule has 6 heteroatoms. The lowest BCUT2D eigenvalue weighted by Crippen LogP contribution is -2.50. The van der Waals surface area contributed by atoms with E-state index in [1.807, 2.05) is 0 Å². The normalized spacial score (nSPS) is 15.3. The van der Waals surface area contributed by atoms with Crippen molar-refractivity contribution in [1.29, 1.82) is 0 Å². The molecule has 0 saturated heterocycles. The van der Waals surface area contributed by atoms with E-state index in [9.17, 15) is 13.6 Å². The summed E-state index contributed by atoms with van der Waals surface area (Å²) in [4.78, 5) is 11.7. The molecule has 2 unspecified atom stereocenters. The number of likely N-dealkylation sites (N-methyl/N-ethyl adjacent to an activating group) is 1. The number of benzene rings is 1. The maximum Gasteiger partial charge on any atom is 0.325 e. The van der Waals surface area contributed by atoms with Crippen molar-refractivity contribution in [3.05, 3.63) is 29.8 Å². The number of esters is 1. The summed E-state index contributed by atoms with van der Waals surface area (Å²) in [7, 11) is 2.93. The molecule has 4 nitrogen and oxygen atoms in total. The zero-order chi connectivity index (χ0) is 15.3. The van der Waals surface area contributed by atoms with E-state index in [0.717, 1.165) is 18.2 Å². The van der Waals surface area contributed by atoms with Gasteiger partial charge >= 0.3 is 5.97 Å². The number of carbonyl (C=O) groups excluding carboxylic acids is 1. The highest BCUT2D eigenvalue weighted by atomic mass is 19.1. The van der Waals surface area contributed by atoms with Gasteiger partial charge in [0, 0.05) is 24.6 Å². The summed E-state index contributed by atoms with van der Waals surface area (Å²) >= 11 is 0. The molecule has 1 aromatic rings. The first kappa shape index (κ1) is 16.4. The topological polar surface area (TPSA) is 47.6 Å². The van der Waals surface area contributed by atoms with Crippen molar-refractivity contribution in [2.45, 2.75) is 31.9 Å². The molecular formula is C14H19F2NO3. The predicted octanol–water partition coefficient (Wildman–Crippen LogP) is 2.27. The van der Waals surface area contributed by atoms with E-state index in [1.54, 1.807) is 20.9 Å². The number of halogens is 2.